The first-order valence-electron chi connectivity index (χ1n) is 7.01. The normalized spacial score (nSPS) is 27.4. The molecule has 2 unspecified atom stereocenters. The van der Waals surface area contributed by atoms with Crippen LogP contribution in [0.15, 0.2) is 23.5 Å². The molecule has 2 heterocycles. The van der Waals surface area contributed by atoms with Gasteiger partial charge in [0.1, 0.15) is 5.82 Å². The highest BCUT2D eigenvalue weighted by Gasteiger charge is 2.37. The van der Waals surface area contributed by atoms with Crippen molar-refractivity contribution in [2.45, 2.75) is 38.1 Å². The molecular weight excluding hydrogens is 240 g/mol. The zero-order valence-electron chi connectivity index (χ0n) is 11.0. The van der Waals surface area contributed by atoms with Gasteiger partial charge in [0.25, 0.3) is 0 Å². The lowest BCUT2D eigenvalue weighted by Gasteiger charge is -2.33. The Morgan fingerprint density at radius 1 is 1.37 bits per heavy atom. The summed E-state index contributed by atoms with van der Waals surface area (Å²) in [5, 5.41) is 12.0. The van der Waals surface area contributed by atoms with E-state index in [-0.39, 0.29) is 5.84 Å². The van der Waals surface area contributed by atoms with Crippen molar-refractivity contribution < 1.29 is 5.21 Å². The van der Waals surface area contributed by atoms with Gasteiger partial charge in [-0.1, -0.05) is 18.0 Å². The van der Waals surface area contributed by atoms with Crippen LogP contribution in [0.1, 0.15) is 37.7 Å². The van der Waals surface area contributed by atoms with Crippen LogP contribution in [0.3, 0.4) is 0 Å². The largest absolute Gasteiger partial charge is 0.409 e. The fraction of sp³-hybridized carbons (Fsp3) is 0.571. The average Bonchev–Trinajstić information content (AvgIpc) is 2.90. The molecular formula is C14H20N4O. The monoisotopic (exact) mass is 260 g/mol. The number of hydrogen-bond donors (Lipinski definition) is 2. The first-order chi connectivity index (χ1) is 9.31. The maximum atomic E-state index is 8.90. The highest BCUT2D eigenvalue weighted by molar-refractivity contribution is 6.01. The molecule has 2 aliphatic rings. The van der Waals surface area contributed by atoms with Crippen LogP contribution in [-0.4, -0.2) is 28.6 Å². The van der Waals surface area contributed by atoms with Crippen LogP contribution in [0.2, 0.25) is 0 Å². The maximum Gasteiger partial charge on any atom is 0.173 e. The summed E-state index contributed by atoms with van der Waals surface area (Å²) in [6, 6.07) is 4.27. The van der Waals surface area contributed by atoms with Gasteiger partial charge in [-0.3, -0.25) is 0 Å². The molecule has 102 valence electrons. The predicted molar refractivity (Wildman–Crippen MR) is 74.5 cm³/mol. The third-order valence-corrected chi connectivity index (χ3v) is 4.45. The van der Waals surface area contributed by atoms with Crippen molar-refractivity contribution in [3.63, 3.8) is 0 Å². The molecule has 1 saturated heterocycles. The molecule has 0 aromatic carbocycles. The van der Waals surface area contributed by atoms with Crippen molar-refractivity contribution in [2.75, 3.05) is 11.4 Å². The van der Waals surface area contributed by atoms with Crippen molar-refractivity contribution in [1.29, 1.82) is 0 Å². The fourth-order valence-corrected chi connectivity index (χ4v) is 3.55. The van der Waals surface area contributed by atoms with Gasteiger partial charge in [-0.2, -0.15) is 0 Å². The minimum atomic E-state index is 0.141. The number of aromatic nitrogens is 1. The summed E-state index contributed by atoms with van der Waals surface area (Å²) in [6.45, 7) is 1.03. The van der Waals surface area contributed by atoms with Crippen molar-refractivity contribution in [3.8, 4) is 0 Å². The Balaban J connectivity index is 1.94. The van der Waals surface area contributed by atoms with E-state index >= 15 is 0 Å². The molecule has 1 aromatic rings. The van der Waals surface area contributed by atoms with E-state index < -0.39 is 0 Å². The Kier molecular flexibility index (Phi) is 3.27. The van der Waals surface area contributed by atoms with E-state index in [0.717, 1.165) is 23.8 Å². The molecule has 0 amide bonds. The smallest absolute Gasteiger partial charge is 0.173 e. The van der Waals surface area contributed by atoms with Gasteiger partial charge in [-0.05, 0) is 37.3 Å². The number of pyridine rings is 1. The first kappa shape index (κ1) is 12.3. The minimum Gasteiger partial charge on any atom is -0.409 e. The predicted octanol–water partition coefficient (Wildman–Crippen LogP) is 1.95. The van der Waals surface area contributed by atoms with Gasteiger partial charge in [-0.25, -0.2) is 4.98 Å². The Bertz CT molecular complexity index is 488. The number of oxime groups is 1. The van der Waals surface area contributed by atoms with Crippen LogP contribution in [0.4, 0.5) is 5.82 Å². The van der Waals surface area contributed by atoms with Gasteiger partial charge in [0.15, 0.2) is 5.84 Å². The molecule has 1 aromatic heterocycles. The maximum absolute atomic E-state index is 8.90. The lowest BCUT2D eigenvalue weighted by molar-refractivity contribution is 0.318. The second-order valence-electron chi connectivity index (χ2n) is 5.45. The van der Waals surface area contributed by atoms with Gasteiger partial charge in [0, 0.05) is 18.8 Å². The molecule has 0 bridgehead atoms. The fourth-order valence-electron chi connectivity index (χ4n) is 3.55. The quantitative estimate of drug-likeness (QED) is 0.369. The second kappa shape index (κ2) is 5.07. The van der Waals surface area contributed by atoms with Gasteiger partial charge < -0.3 is 15.8 Å². The van der Waals surface area contributed by atoms with Crippen LogP contribution in [0.5, 0.6) is 0 Å². The van der Waals surface area contributed by atoms with Crippen molar-refractivity contribution in [3.05, 3.63) is 23.9 Å². The zero-order chi connectivity index (χ0) is 13.2. The molecule has 1 aliphatic carbocycles. The Morgan fingerprint density at radius 3 is 3.05 bits per heavy atom. The summed E-state index contributed by atoms with van der Waals surface area (Å²) < 4.78 is 0. The lowest BCUT2D eigenvalue weighted by atomic mass is 9.85. The van der Waals surface area contributed by atoms with E-state index in [1.54, 1.807) is 6.20 Å². The van der Waals surface area contributed by atoms with Crippen molar-refractivity contribution >= 4 is 11.7 Å². The molecule has 1 aliphatic heterocycles. The number of nitrogens with two attached hydrogens (primary N) is 1. The molecule has 3 N–H and O–H groups in total. The number of rotatable bonds is 2. The highest BCUT2D eigenvalue weighted by atomic mass is 16.4. The van der Waals surface area contributed by atoms with E-state index in [0.29, 0.717) is 6.04 Å². The summed E-state index contributed by atoms with van der Waals surface area (Å²) in [7, 11) is 0. The van der Waals surface area contributed by atoms with Gasteiger partial charge >= 0.3 is 0 Å². The first-order valence-corrected chi connectivity index (χ1v) is 7.01. The third-order valence-electron chi connectivity index (χ3n) is 4.45. The summed E-state index contributed by atoms with van der Waals surface area (Å²) in [5.74, 6) is 1.80. The van der Waals surface area contributed by atoms with Crippen LogP contribution >= 0.6 is 0 Å². The second-order valence-corrected chi connectivity index (χ2v) is 5.45. The summed E-state index contributed by atoms with van der Waals surface area (Å²) in [4.78, 5) is 6.83. The van der Waals surface area contributed by atoms with Crippen LogP contribution < -0.4 is 10.6 Å². The number of anilines is 1. The van der Waals surface area contributed by atoms with E-state index in [1.807, 2.05) is 12.1 Å². The summed E-state index contributed by atoms with van der Waals surface area (Å²) >= 11 is 0. The van der Waals surface area contributed by atoms with E-state index in [1.165, 1.54) is 32.1 Å². The molecule has 2 fully saturated rings. The standard InChI is InChI=1S/C14H20N4O/c15-13(17-19)11-5-3-8-16-14(11)18-9-7-10-4-1-2-6-12(10)18/h3,5,8,10,12,19H,1-2,4,6-7,9H2,(H2,15,17). The lowest BCUT2D eigenvalue weighted by Crippen LogP contribution is -2.36. The molecule has 0 radical (unpaired) electrons. The van der Waals surface area contributed by atoms with Crippen molar-refractivity contribution in [1.82, 2.24) is 4.98 Å². The van der Waals surface area contributed by atoms with E-state index in [4.69, 9.17) is 10.9 Å². The highest BCUT2D eigenvalue weighted by Crippen LogP contribution is 2.38. The van der Waals surface area contributed by atoms with Gasteiger partial charge in [0.05, 0.1) is 5.56 Å². The van der Waals surface area contributed by atoms with E-state index in [2.05, 4.69) is 15.0 Å². The Labute approximate surface area is 113 Å². The number of nitrogens with zero attached hydrogens (tertiary/aromatic N) is 3. The molecule has 2 atom stereocenters. The zero-order valence-corrected chi connectivity index (χ0v) is 11.0. The number of fused-ring (bicyclic) bond motifs is 1. The van der Waals surface area contributed by atoms with Crippen molar-refractivity contribution in [2.24, 2.45) is 16.8 Å². The molecule has 1 saturated carbocycles. The third kappa shape index (κ3) is 2.13. The summed E-state index contributed by atoms with van der Waals surface area (Å²) in [6.07, 6.45) is 8.22. The van der Waals surface area contributed by atoms with Crippen LogP contribution in [0, 0.1) is 5.92 Å². The Hall–Kier alpha value is -1.78. The van der Waals surface area contributed by atoms with Gasteiger partial charge in [-0.15, -0.1) is 0 Å². The molecule has 3 rings (SSSR count). The van der Waals surface area contributed by atoms with Crippen LogP contribution in [-0.2, 0) is 0 Å². The average molecular weight is 260 g/mol. The SMILES string of the molecule is N/C(=N/O)c1cccnc1N1CCC2CCCCC21. The minimum absolute atomic E-state index is 0.141. The summed E-state index contributed by atoms with van der Waals surface area (Å²) in [5.41, 5.74) is 6.50. The van der Waals surface area contributed by atoms with E-state index in [9.17, 15) is 0 Å². The topological polar surface area (TPSA) is 74.7 Å². The van der Waals surface area contributed by atoms with Crippen LogP contribution in [0.25, 0.3) is 0 Å². The molecule has 5 heteroatoms. The molecule has 0 spiro atoms. The van der Waals surface area contributed by atoms with Gasteiger partial charge in [0.2, 0.25) is 0 Å². The molecule has 19 heavy (non-hydrogen) atoms. The molecule has 5 nitrogen and oxygen atoms in total. The Morgan fingerprint density at radius 2 is 2.21 bits per heavy atom. The number of amidine groups is 1. The number of hydrogen-bond acceptors (Lipinski definition) is 4.